The zero-order valence-electron chi connectivity index (χ0n) is 15.6. The first kappa shape index (κ1) is 17.4. The molecule has 5 heteroatoms. The van der Waals surface area contributed by atoms with Crippen LogP contribution in [-0.4, -0.2) is 66.6 Å². The first-order valence-electron chi connectivity index (χ1n) is 9.47. The average Bonchev–Trinajstić information content (AvgIpc) is 3.01. The van der Waals surface area contributed by atoms with E-state index in [0.717, 1.165) is 49.9 Å². The van der Waals surface area contributed by atoms with Crippen LogP contribution in [0.15, 0.2) is 36.5 Å². The van der Waals surface area contributed by atoms with E-state index in [1.54, 1.807) is 6.20 Å². The summed E-state index contributed by atoms with van der Waals surface area (Å²) in [5.41, 5.74) is 1.44. The molecule has 0 bridgehead atoms. The highest BCUT2D eigenvalue weighted by atomic mass is 16.5. The van der Waals surface area contributed by atoms with Gasteiger partial charge in [-0.25, -0.2) is 0 Å². The van der Waals surface area contributed by atoms with E-state index < -0.39 is 0 Å². The van der Waals surface area contributed by atoms with Crippen LogP contribution in [0.5, 0.6) is 0 Å². The number of carbonyl (C=O) groups is 1. The molecule has 3 heterocycles. The van der Waals surface area contributed by atoms with Crippen LogP contribution in [0.4, 0.5) is 0 Å². The van der Waals surface area contributed by atoms with Gasteiger partial charge in [0.15, 0.2) is 0 Å². The van der Waals surface area contributed by atoms with Gasteiger partial charge < -0.3 is 14.5 Å². The SMILES string of the molecule is CN(C)CC1COC2(CCCN(C(=O)c3cnc4ccccc4c3)C2)C1. The van der Waals surface area contributed by atoms with E-state index in [-0.39, 0.29) is 11.5 Å². The molecule has 2 aromatic rings. The maximum Gasteiger partial charge on any atom is 0.255 e. The van der Waals surface area contributed by atoms with Crippen LogP contribution in [0, 0.1) is 5.92 Å². The summed E-state index contributed by atoms with van der Waals surface area (Å²) in [6.07, 6.45) is 4.80. The number of ether oxygens (including phenoxy) is 1. The van der Waals surface area contributed by atoms with Crippen molar-refractivity contribution in [3.63, 3.8) is 0 Å². The van der Waals surface area contributed by atoms with Gasteiger partial charge in [-0.15, -0.1) is 0 Å². The molecule has 0 N–H and O–H groups in total. The Balaban J connectivity index is 1.49. The number of amides is 1. The molecule has 5 nitrogen and oxygen atoms in total. The van der Waals surface area contributed by atoms with Crippen LogP contribution in [-0.2, 0) is 4.74 Å². The van der Waals surface area contributed by atoms with Crippen molar-refractivity contribution in [3.05, 3.63) is 42.1 Å². The summed E-state index contributed by atoms with van der Waals surface area (Å²) in [7, 11) is 4.21. The largest absolute Gasteiger partial charge is 0.373 e. The van der Waals surface area contributed by atoms with Crippen LogP contribution in [0.25, 0.3) is 10.9 Å². The Labute approximate surface area is 154 Å². The first-order chi connectivity index (χ1) is 12.5. The first-order valence-corrected chi connectivity index (χ1v) is 9.47. The normalized spacial score (nSPS) is 26.1. The van der Waals surface area contributed by atoms with Gasteiger partial charge in [-0.05, 0) is 51.4 Å². The van der Waals surface area contributed by atoms with Crippen molar-refractivity contribution < 1.29 is 9.53 Å². The highest BCUT2D eigenvalue weighted by Gasteiger charge is 2.44. The van der Waals surface area contributed by atoms with Gasteiger partial charge in [0.2, 0.25) is 0 Å². The van der Waals surface area contributed by atoms with Gasteiger partial charge in [-0.3, -0.25) is 9.78 Å². The van der Waals surface area contributed by atoms with Crippen molar-refractivity contribution in [3.8, 4) is 0 Å². The van der Waals surface area contributed by atoms with Crippen molar-refractivity contribution in [1.82, 2.24) is 14.8 Å². The highest BCUT2D eigenvalue weighted by Crippen LogP contribution is 2.38. The van der Waals surface area contributed by atoms with Gasteiger partial charge in [0, 0.05) is 31.2 Å². The van der Waals surface area contributed by atoms with Crippen molar-refractivity contribution in [2.75, 3.05) is 40.3 Å². The van der Waals surface area contributed by atoms with Gasteiger partial charge in [-0.2, -0.15) is 0 Å². The topological polar surface area (TPSA) is 45.7 Å². The second-order valence-corrected chi connectivity index (χ2v) is 8.07. The summed E-state index contributed by atoms with van der Waals surface area (Å²) in [6, 6.07) is 9.87. The third-order valence-electron chi connectivity index (χ3n) is 5.57. The molecule has 1 aromatic carbocycles. The Morgan fingerprint density at radius 2 is 2.23 bits per heavy atom. The summed E-state index contributed by atoms with van der Waals surface area (Å²) in [5, 5.41) is 1.01. The predicted molar refractivity (Wildman–Crippen MR) is 102 cm³/mol. The number of likely N-dealkylation sites (tertiary alicyclic amines) is 1. The number of fused-ring (bicyclic) bond motifs is 1. The molecular formula is C21H27N3O2. The Morgan fingerprint density at radius 3 is 3.08 bits per heavy atom. The summed E-state index contributed by atoms with van der Waals surface area (Å²) in [6.45, 7) is 3.35. The van der Waals surface area contributed by atoms with E-state index in [4.69, 9.17) is 4.74 Å². The minimum Gasteiger partial charge on any atom is -0.373 e. The van der Waals surface area contributed by atoms with Crippen molar-refractivity contribution in [2.24, 2.45) is 5.92 Å². The smallest absolute Gasteiger partial charge is 0.255 e. The van der Waals surface area contributed by atoms with Crippen LogP contribution >= 0.6 is 0 Å². The lowest BCUT2D eigenvalue weighted by Gasteiger charge is -2.40. The molecule has 4 rings (SSSR count). The Bertz CT molecular complexity index is 807. The lowest BCUT2D eigenvalue weighted by atomic mass is 9.86. The van der Waals surface area contributed by atoms with Crippen molar-refractivity contribution in [1.29, 1.82) is 0 Å². The molecule has 2 unspecified atom stereocenters. The van der Waals surface area contributed by atoms with E-state index in [1.165, 1.54) is 0 Å². The monoisotopic (exact) mass is 353 g/mol. The second kappa shape index (κ2) is 6.97. The number of aromatic nitrogens is 1. The number of nitrogens with zero attached hydrogens (tertiary/aromatic N) is 3. The molecule has 2 fully saturated rings. The number of piperidine rings is 1. The fraction of sp³-hybridized carbons (Fsp3) is 0.524. The number of benzene rings is 1. The molecule has 2 atom stereocenters. The van der Waals surface area contributed by atoms with Gasteiger partial charge in [-0.1, -0.05) is 18.2 Å². The standard InChI is InChI=1S/C21H27N3O2/c1-23(2)13-16-11-21(26-14-16)8-5-9-24(15-21)20(25)18-10-17-6-3-4-7-19(17)22-12-18/h3-4,6-7,10,12,16H,5,8-9,11,13-15H2,1-2H3. The highest BCUT2D eigenvalue weighted by molar-refractivity contribution is 5.97. The van der Waals surface area contributed by atoms with Crippen LogP contribution in [0.3, 0.4) is 0 Å². The molecular weight excluding hydrogens is 326 g/mol. The zero-order valence-corrected chi connectivity index (χ0v) is 15.6. The van der Waals surface area contributed by atoms with Crippen LogP contribution in [0.1, 0.15) is 29.6 Å². The summed E-state index contributed by atoms with van der Waals surface area (Å²) < 4.78 is 6.25. The van der Waals surface area contributed by atoms with E-state index in [0.29, 0.717) is 18.0 Å². The van der Waals surface area contributed by atoms with E-state index >= 15 is 0 Å². The number of para-hydroxylation sites is 1. The minimum absolute atomic E-state index is 0.0713. The van der Waals surface area contributed by atoms with Crippen molar-refractivity contribution in [2.45, 2.75) is 24.9 Å². The Kier molecular flexibility index (Phi) is 4.67. The average molecular weight is 353 g/mol. The number of hydrogen-bond donors (Lipinski definition) is 0. The summed E-state index contributed by atoms with van der Waals surface area (Å²) >= 11 is 0. The molecule has 2 aliphatic heterocycles. The molecule has 0 aliphatic carbocycles. The molecule has 2 saturated heterocycles. The lowest BCUT2D eigenvalue weighted by Crippen LogP contribution is -2.50. The molecule has 138 valence electrons. The third kappa shape index (κ3) is 3.46. The van der Waals surface area contributed by atoms with Gasteiger partial charge in [0.05, 0.1) is 23.3 Å². The maximum atomic E-state index is 13.1. The molecule has 2 aliphatic rings. The molecule has 1 amide bonds. The van der Waals surface area contributed by atoms with Gasteiger partial charge >= 0.3 is 0 Å². The fourth-order valence-electron chi connectivity index (χ4n) is 4.50. The molecule has 26 heavy (non-hydrogen) atoms. The fourth-order valence-corrected chi connectivity index (χ4v) is 4.50. The number of carbonyl (C=O) groups excluding carboxylic acids is 1. The van der Waals surface area contributed by atoms with Crippen LogP contribution in [0.2, 0.25) is 0 Å². The van der Waals surface area contributed by atoms with Gasteiger partial charge in [0.1, 0.15) is 0 Å². The van der Waals surface area contributed by atoms with E-state index in [2.05, 4.69) is 24.0 Å². The van der Waals surface area contributed by atoms with E-state index in [9.17, 15) is 4.79 Å². The Morgan fingerprint density at radius 1 is 1.38 bits per heavy atom. The molecule has 1 aromatic heterocycles. The quantitative estimate of drug-likeness (QED) is 0.851. The zero-order chi connectivity index (χ0) is 18.1. The predicted octanol–water partition coefficient (Wildman–Crippen LogP) is 2.81. The van der Waals surface area contributed by atoms with E-state index in [1.807, 2.05) is 35.2 Å². The molecule has 1 spiro atoms. The number of hydrogen-bond acceptors (Lipinski definition) is 4. The minimum atomic E-state index is -0.154. The summed E-state index contributed by atoms with van der Waals surface area (Å²) in [4.78, 5) is 21.7. The number of pyridine rings is 1. The van der Waals surface area contributed by atoms with Crippen LogP contribution < -0.4 is 0 Å². The third-order valence-corrected chi connectivity index (χ3v) is 5.57. The second-order valence-electron chi connectivity index (χ2n) is 8.07. The molecule has 0 radical (unpaired) electrons. The van der Waals surface area contributed by atoms with Crippen molar-refractivity contribution >= 4 is 16.8 Å². The summed E-state index contributed by atoms with van der Waals surface area (Å²) in [5.74, 6) is 0.629. The number of rotatable bonds is 3. The maximum absolute atomic E-state index is 13.1. The molecule has 0 saturated carbocycles. The Hall–Kier alpha value is -1.98. The lowest BCUT2D eigenvalue weighted by molar-refractivity contribution is -0.0450. The van der Waals surface area contributed by atoms with Gasteiger partial charge in [0.25, 0.3) is 5.91 Å².